The van der Waals surface area contributed by atoms with Crippen LogP contribution in [0.25, 0.3) is 16.5 Å². The topological polar surface area (TPSA) is 196 Å². The molecule has 5 aromatic rings. The number of nitrogens with zero attached hydrogens (tertiary/aromatic N) is 5. The van der Waals surface area contributed by atoms with Crippen LogP contribution in [0, 0.1) is 21.4 Å². The molecule has 2 aromatic heterocycles. The van der Waals surface area contributed by atoms with E-state index in [-0.39, 0.29) is 28.5 Å². The summed E-state index contributed by atoms with van der Waals surface area (Å²) in [5.74, 6) is -0.386. The van der Waals surface area contributed by atoms with Crippen molar-refractivity contribution in [1.29, 1.82) is 0 Å². The maximum absolute atomic E-state index is 14.0. The van der Waals surface area contributed by atoms with E-state index >= 15 is 0 Å². The molecule has 0 atom stereocenters. The standard InChI is InChI=1S/C46H53ClN8O7S/c1-45(2)16-15-32(37(25-45)31-7-9-33(47)10-8-31)29-53-19-21-54(22-20-53)34-11-12-36(42(23-34)62-41-6-4-5-39-38(41)28-50-51-39)44(56)52-63(60,61)35-24-40(55(58)59)43(49-27-35)48-26-30-13-17-46(3,57)18-14-30/h4-12,23-24,27-28,30,57H,13-22,25-26,29H2,1-3H3,(H,48,49)(H,50,51)(H,52,56). The van der Waals surface area contributed by atoms with Crippen molar-refractivity contribution in [3.8, 4) is 11.5 Å². The molecule has 0 unspecified atom stereocenters. The third kappa shape index (κ3) is 10.3. The number of carbonyl (C=O) groups is 1. The van der Waals surface area contributed by atoms with Gasteiger partial charge in [0.1, 0.15) is 16.4 Å². The minimum Gasteiger partial charge on any atom is -0.456 e. The number of piperazine rings is 1. The zero-order valence-electron chi connectivity index (χ0n) is 35.7. The average molecular weight is 897 g/mol. The Balaban J connectivity index is 1.00. The maximum atomic E-state index is 14.0. The zero-order chi connectivity index (χ0) is 44.5. The van der Waals surface area contributed by atoms with Gasteiger partial charge in [-0.1, -0.05) is 49.2 Å². The third-order valence-corrected chi connectivity index (χ3v) is 14.3. The molecule has 1 saturated heterocycles. The Labute approximate surface area is 372 Å². The number of H-pyrrole nitrogens is 1. The first kappa shape index (κ1) is 44.1. The van der Waals surface area contributed by atoms with Crippen LogP contribution in [-0.4, -0.2) is 89.3 Å². The van der Waals surface area contributed by atoms with Crippen molar-refractivity contribution in [2.75, 3.05) is 49.5 Å². The first-order chi connectivity index (χ1) is 30.0. The summed E-state index contributed by atoms with van der Waals surface area (Å²) < 4.78 is 35.9. The van der Waals surface area contributed by atoms with Crippen molar-refractivity contribution in [1.82, 2.24) is 24.8 Å². The molecule has 3 heterocycles. The number of rotatable bonds is 13. The number of ether oxygens (including phenoxy) is 1. The van der Waals surface area contributed by atoms with Crippen LogP contribution in [-0.2, 0) is 10.0 Å². The minimum atomic E-state index is -4.64. The molecule has 332 valence electrons. The van der Waals surface area contributed by atoms with Crippen LogP contribution in [0.2, 0.25) is 5.02 Å². The fourth-order valence-corrected chi connectivity index (χ4v) is 9.92. The van der Waals surface area contributed by atoms with Crippen LogP contribution in [0.4, 0.5) is 17.2 Å². The van der Waals surface area contributed by atoms with Gasteiger partial charge in [0, 0.05) is 62.1 Å². The van der Waals surface area contributed by atoms with E-state index in [2.05, 4.69) is 61.0 Å². The Morgan fingerprint density at radius 2 is 1.75 bits per heavy atom. The van der Waals surface area contributed by atoms with Gasteiger partial charge in [0.25, 0.3) is 15.9 Å². The van der Waals surface area contributed by atoms with Gasteiger partial charge in [-0.3, -0.25) is 24.9 Å². The number of allylic oxidation sites excluding steroid dienone is 1. The molecule has 4 N–H and O–H groups in total. The van der Waals surface area contributed by atoms with Gasteiger partial charge >= 0.3 is 5.69 Å². The molecule has 17 heteroatoms. The number of carbonyl (C=O) groups excluding carboxylic acids is 1. The number of aromatic nitrogens is 3. The molecule has 3 aliphatic rings. The van der Waals surface area contributed by atoms with Crippen LogP contribution >= 0.6 is 11.6 Å². The lowest BCUT2D eigenvalue weighted by atomic mass is 9.72. The Morgan fingerprint density at radius 1 is 1.00 bits per heavy atom. The van der Waals surface area contributed by atoms with Crippen molar-refractivity contribution in [2.45, 2.75) is 76.2 Å². The average Bonchev–Trinajstić information content (AvgIpc) is 3.74. The van der Waals surface area contributed by atoms with Crippen molar-refractivity contribution >= 4 is 61.2 Å². The van der Waals surface area contributed by atoms with Crippen LogP contribution < -0.4 is 19.7 Å². The summed E-state index contributed by atoms with van der Waals surface area (Å²) in [5.41, 5.74) is 4.48. The van der Waals surface area contributed by atoms with Crippen LogP contribution in [0.15, 0.2) is 89.6 Å². The molecule has 2 fully saturated rings. The molecule has 63 heavy (non-hydrogen) atoms. The Hall–Kier alpha value is -5.55. The van der Waals surface area contributed by atoms with Gasteiger partial charge in [-0.05, 0) is 111 Å². The molecular weight excluding hydrogens is 844 g/mol. The lowest BCUT2D eigenvalue weighted by Crippen LogP contribution is -2.47. The SMILES string of the molecule is CC1(C)CCC(CN2CCN(c3ccc(C(=O)NS(=O)(=O)c4cnc(NCC5CCC(C)(O)CC5)c([N+](=O)[O-])c4)c(Oc4cccc5[nH]ncc45)c3)CC2)=C(c2ccc(Cl)cc2)C1. The van der Waals surface area contributed by atoms with Crippen LogP contribution in [0.1, 0.15) is 81.6 Å². The predicted octanol–water partition coefficient (Wildman–Crippen LogP) is 8.57. The van der Waals surface area contributed by atoms with Gasteiger partial charge in [-0.15, -0.1) is 0 Å². The summed E-state index contributed by atoms with van der Waals surface area (Å²) in [5, 5.41) is 33.8. The van der Waals surface area contributed by atoms with E-state index in [1.54, 1.807) is 37.4 Å². The van der Waals surface area contributed by atoms with E-state index < -0.39 is 37.0 Å². The van der Waals surface area contributed by atoms with E-state index in [9.17, 15) is 28.4 Å². The number of aliphatic hydroxyl groups is 1. The van der Waals surface area contributed by atoms with E-state index in [0.29, 0.717) is 49.1 Å². The number of pyridine rings is 1. The lowest BCUT2D eigenvalue weighted by molar-refractivity contribution is -0.384. The number of nitrogens with one attached hydrogen (secondary N) is 3. The second-order valence-corrected chi connectivity index (χ2v) is 20.2. The summed E-state index contributed by atoms with van der Waals surface area (Å²) >= 11 is 6.24. The Kier molecular flexibility index (Phi) is 12.5. The highest BCUT2D eigenvalue weighted by Gasteiger charge is 2.32. The molecule has 15 nitrogen and oxygen atoms in total. The smallest absolute Gasteiger partial charge is 0.312 e. The van der Waals surface area contributed by atoms with Crippen LogP contribution in [0.3, 0.4) is 0 Å². The minimum absolute atomic E-state index is 0.0597. The highest BCUT2D eigenvalue weighted by molar-refractivity contribution is 7.90. The van der Waals surface area contributed by atoms with Gasteiger partial charge in [-0.2, -0.15) is 5.10 Å². The number of hydrogen-bond acceptors (Lipinski definition) is 12. The highest BCUT2D eigenvalue weighted by Crippen LogP contribution is 2.44. The predicted molar refractivity (Wildman–Crippen MR) is 244 cm³/mol. The van der Waals surface area contributed by atoms with Gasteiger partial charge in [-0.25, -0.2) is 18.1 Å². The normalized spacial score (nSPS) is 20.7. The van der Waals surface area contributed by atoms with Crippen molar-refractivity contribution in [2.24, 2.45) is 11.3 Å². The number of fused-ring (bicyclic) bond motifs is 1. The first-order valence-corrected chi connectivity index (χ1v) is 23.2. The molecule has 0 radical (unpaired) electrons. The second-order valence-electron chi connectivity index (χ2n) is 18.1. The van der Waals surface area contributed by atoms with Crippen molar-refractivity contribution in [3.63, 3.8) is 0 Å². The summed E-state index contributed by atoms with van der Waals surface area (Å²) in [6.07, 6.45) is 8.47. The quantitative estimate of drug-likeness (QED) is 0.0650. The fraction of sp³-hybridized carbons (Fsp3) is 0.413. The summed E-state index contributed by atoms with van der Waals surface area (Å²) in [6, 6.07) is 19.4. The molecule has 0 spiro atoms. The number of hydrogen-bond donors (Lipinski definition) is 4. The highest BCUT2D eigenvalue weighted by atomic mass is 35.5. The molecule has 1 saturated carbocycles. The summed E-state index contributed by atoms with van der Waals surface area (Å²) in [6.45, 7) is 10.7. The molecule has 0 bridgehead atoms. The van der Waals surface area contributed by atoms with Gasteiger partial charge in [0.05, 0.1) is 39.4 Å². The van der Waals surface area contributed by atoms with Gasteiger partial charge in [0.2, 0.25) is 5.82 Å². The molecule has 3 aromatic carbocycles. The Bertz CT molecular complexity index is 2650. The number of nitro groups is 1. The molecule has 1 aliphatic heterocycles. The van der Waals surface area contributed by atoms with Crippen molar-refractivity contribution < 1.29 is 28.0 Å². The fourth-order valence-electron chi connectivity index (χ4n) is 8.86. The first-order valence-electron chi connectivity index (χ1n) is 21.4. The zero-order valence-corrected chi connectivity index (χ0v) is 37.3. The van der Waals surface area contributed by atoms with E-state index in [1.165, 1.54) is 22.8 Å². The summed E-state index contributed by atoms with van der Waals surface area (Å²) in [4.78, 5) is 33.6. The number of amides is 1. The monoisotopic (exact) mass is 896 g/mol. The van der Waals surface area contributed by atoms with E-state index in [4.69, 9.17) is 16.3 Å². The van der Waals surface area contributed by atoms with E-state index in [1.807, 2.05) is 18.2 Å². The van der Waals surface area contributed by atoms with Gasteiger partial charge < -0.3 is 20.1 Å². The number of sulfonamides is 1. The number of aromatic amines is 1. The molecular formula is C46H53ClN8O7S. The third-order valence-electron chi connectivity index (χ3n) is 12.7. The Morgan fingerprint density at radius 3 is 2.48 bits per heavy atom. The molecule has 1 amide bonds. The largest absolute Gasteiger partial charge is 0.456 e. The molecule has 2 aliphatic carbocycles. The lowest BCUT2D eigenvalue weighted by Gasteiger charge is -2.39. The van der Waals surface area contributed by atoms with Crippen molar-refractivity contribution in [3.05, 3.63) is 111 Å². The molecule has 8 rings (SSSR count). The number of anilines is 2. The van der Waals surface area contributed by atoms with Crippen LogP contribution in [0.5, 0.6) is 11.5 Å². The number of halogens is 1. The second kappa shape index (κ2) is 17.9. The number of benzene rings is 3. The van der Waals surface area contributed by atoms with Gasteiger partial charge in [0.15, 0.2) is 0 Å². The maximum Gasteiger partial charge on any atom is 0.312 e. The summed E-state index contributed by atoms with van der Waals surface area (Å²) in [7, 11) is -4.64. The van der Waals surface area contributed by atoms with E-state index in [0.717, 1.165) is 74.7 Å².